The van der Waals surface area contributed by atoms with E-state index in [2.05, 4.69) is 58.2 Å². The van der Waals surface area contributed by atoms with Crippen molar-refractivity contribution in [3.05, 3.63) is 53.6 Å². The van der Waals surface area contributed by atoms with Gasteiger partial charge in [0.1, 0.15) is 11.4 Å². The van der Waals surface area contributed by atoms with E-state index in [0.29, 0.717) is 0 Å². The van der Waals surface area contributed by atoms with Gasteiger partial charge in [-0.2, -0.15) is 0 Å². The number of aryl methyl sites for hydroxylation is 1. The summed E-state index contributed by atoms with van der Waals surface area (Å²) in [5.74, 6) is 1.02. The van der Waals surface area contributed by atoms with Crippen LogP contribution in [0.3, 0.4) is 0 Å². The molecule has 4 nitrogen and oxygen atoms in total. The molecule has 0 bridgehead atoms. The van der Waals surface area contributed by atoms with Crippen molar-refractivity contribution >= 4 is 6.08 Å². The summed E-state index contributed by atoms with van der Waals surface area (Å²) in [5, 5.41) is 0. The van der Waals surface area contributed by atoms with Crippen LogP contribution >= 0.6 is 0 Å². The van der Waals surface area contributed by atoms with Crippen molar-refractivity contribution in [2.75, 3.05) is 13.1 Å². The third kappa shape index (κ3) is 2.91. The zero-order chi connectivity index (χ0) is 15.7. The summed E-state index contributed by atoms with van der Waals surface area (Å²) in [6.07, 6.45) is 9.55. The van der Waals surface area contributed by atoms with Crippen LogP contribution in [0.15, 0.2) is 36.7 Å². The third-order valence-corrected chi connectivity index (χ3v) is 5.03. The molecule has 1 atom stereocenters. The van der Waals surface area contributed by atoms with E-state index >= 15 is 0 Å². The van der Waals surface area contributed by atoms with Crippen molar-refractivity contribution in [2.45, 2.75) is 38.3 Å². The van der Waals surface area contributed by atoms with Crippen LogP contribution in [0.1, 0.15) is 36.2 Å². The Bertz CT molecular complexity index is 721. The van der Waals surface area contributed by atoms with Crippen molar-refractivity contribution in [2.24, 2.45) is 0 Å². The first-order valence-electron chi connectivity index (χ1n) is 8.43. The number of likely N-dealkylation sites (tertiary alicyclic amines) is 1. The van der Waals surface area contributed by atoms with Crippen molar-refractivity contribution in [3.8, 4) is 5.75 Å². The van der Waals surface area contributed by atoms with Crippen LogP contribution in [0.2, 0.25) is 0 Å². The lowest BCUT2D eigenvalue weighted by molar-refractivity contribution is 0.0990. The molecule has 1 aromatic carbocycles. The molecule has 1 spiro atoms. The molecule has 1 unspecified atom stereocenters. The van der Waals surface area contributed by atoms with Crippen LogP contribution in [-0.2, 0) is 6.54 Å². The summed E-state index contributed by atoms with van der Waals surface area (Å²) >= 11 is 0. The molecular formula is C19H23N3O. The van der Waals surface area contributed by atoms with Gasteiger partial charge in [0, 0.05) is 30.8 Å². The average Bonchev–Trinajstić information content (AvgIpc) is 2.87. The number of ether oxygens (including phenoxy) is 1. The molecule has 4 heteroatoms. The minimum atomic E-state index is -0.135. The molecule has 4 rings (SSSR count). The molecule has 3 heterocycles. The molecule has 0 aliphatic carbocycles. The molecule has 1 aromatic heterocycles. The van der Waals surface area contributed by atoms with E-state index in [4.69, 9.17) is 4.74 Å². The molecule has 0 amide bonds. The topological polar surface area (TPSA) is 41.2 Å². The summed E-state index contributed by atoms with van der Waals surface area (Å²) in [6, 6.07) is 8.30. The first kappa shape index (κ1) is 14.5. The molecule has 0 radical (unpaired) electrons. The lowest BCUT2D eigenvalue weighted by atomic mass is 9.91. The number of hydrogen-bond acceptors (Lipinski definition) is 3. The standard InChI is InChI=1S/C19H23N3O/c1-15-17(21-14-20-15)13-22-11-4-8-19(10-12-22)9-7-16-5-2-3-6-18(16)23-19/h2-3,5-7,9,14H,4,8,10-13H2,1H3,(H,20,21). The van der Waals surface area contributed by atoms with Crippen LogP contribution in [0.5, 0.6) is 5.75 Å². The monoisotopic (exact) mass is 309 g/mol. The first-order valence-corrected chi connectivity index (χ1v) is 8.43. The van der Waals surface area contributed by atoms with E-state index in [1.807, 2.05) is 0 Å². The second kappa shape index (κ2) is 5.85. The van der Waals surface area contributed by atoms with Crippen LogP contribution in [0, 0.1) is 6.92 Å². The van der Waals surface area contributed by atoms with Crippen molar-refractivity contribution in [1.29, 1.82) is 0 Å². The van der Waals surface area contributed by atoms with E-state index < -0.39 is 0 Å². The Balaban J connectivity index is 1.47. The third-order valence-electron chi connectivity index (χ3n) is 5.03. The maximum Gasteiger partial charge on any atom is 0.129 e. The molecule has 23 heavy (non-hydrogen) atoms. The van der Waals surface area contributed by atoms with Crippen LogP contribution < -0.4 is 4.74 Å². The van der Waals surface area contributed by atoms with Gasteiger partial charge < -0.3 is 9.72 Å². The van der Waals surface area contributed by atoms with Gasteiger partial charge in [-0.15, -0.1) is 0 Å². The Morgan fingerprint density at radius 3 is 3.04 bits per heavy atom. The molecule has 1 saturated heterocycles. The molecule has 0 saturated carbocycles. The van der Waals surface area contributed by atoms with Gasteiger partial charge in [0.15, 0.2) is 0 Å². The lowest BCUT2D eigenvalue weighted by Crippen LogP contribution is -2.37. The quantitative estimate of drug-likeness (QED) is 0.922. The van der Waals surface area contributed by atoms with E-state index in [9.17, 15) is 0 Å². The Labute approximate surface area is 137 Å². The molecule has 120 valence electrons. The SMILES string of the molecule is Cc1[nH]cnc1CN1CCCC2(C=Cc3ccccc3O2)CC1. The summed E-state index contributed by atoms with van der Waals surface area (Å²) in [6.45, 7) is 5.16. The highest BCUT2D eigenvalue weighted by Crippen LogP contribution is 2.37. The van der Waals surface area contributed by atoms with Crippen LogP contribution in [0.4, 0.5) is 0 Å². The fourth-order valence-electron chi connectivity index (χ4n) is 3.58. The van der Waals surface area contributed by atoms with E-state index in [1.165, 1.54) is 11.3 Å². The number of para-hydroxylation sites is 1. The minimum absolute atomic E-state index is 0.135. The first-order chi connectivity index (χ1) is 11.2. The molecule has 2 aromatic rings. The Kier molecular flexibility index (Phi) is 3.69. The number of nitrogens with one attached hydrogen (secondary N) is 1. The minimum Gasteiger partial charge on any atom is -0.483 e. The number of aromatic nitrogens is 2. The van der Waals surface area contributed by atoms with Gasteiger partial charge in [-0.1, -0.05) is 24.3 Å². The van der Waals surface area contributed by atoms with Crippen molar-refractivity contribution in [3.63, 3.8) is 0 Å². The Morgan fingerprint density at radius 1 is 1.26 bits per heavy atom. The van der Waals surface area contributed by atoms with E-state index in [0.717, 1.165) is 50.3 Å². The van der Waals surface area contributed by atoms with Gasteiger partial charge in [-0.3, -0.25) is 4.90 Å². The second-order valence-electron chi connectivity index (χ2n) is 6.64. The van der Waals surface area contributed by atoms with E-state index in [-0.39, 0.29) is 5.60 Å². The van der Waals surface area contributed by atoms with Gasteiger partial charge in [0.05, 0.1) is 12.0 Å². The molecular weight excluding hydrogens is 286 g/mol. The van der Waals surface area contributed by atoms with Crippen LogP contribution in [0.25, 0.3) is 6.08 Å². The largest absolute Gasteiger partial charge is 0.483 e. The molecule has 2 aliphatic rings. The normalized spacial score (nSPS) is 24.2. The zero-order valence-corrected chi connectivity index (χ0v) is 13.6. The summed E-state index contributed by atoms with van der Waals surface area (Å²) in [7, 11) is 0. The van der Waals surface area contributed by atoms with Crippen molar-refractivity contribution in [1.82, 2.24) is 14.9 Å². The molecule has 2 aliphatic heterocycles. The fourth-order valence-corrected chi connectivity index (χ4v) is 3.58. The van der Waals surface area contributed by atoms with E-state index in [1.54, 1.807) is 6.33 Å². The number of imidazole rings is 1. The number of rotatable bonds is 2. The number of fused-ring (bicyclic) bond motifs is 1. The van der Waals surface area contributed by atoms with Gasteiger partial charge in [0.25, 0.3) is 0 Å². The zero-order valence-electron chi connectivity index (χ0n) is 13.6. The van der Waals surface area contributed by atoms with Gasteiger partial charge >= 0.3 is 0 Å². The number of aromatic amines is 1. The second-order valence-corrected chi connectivity index (χ2v) is 6.64. The maximum atomic E-state index is 6.41. The summed E-state index contributed by atoms with van der Waals surface area (Å²) in [5.41, 5.74) is 3.38. The fraction of sp³-hybridized carbons (Fsp3) is 0.421. The predicted octanol–water partition coefficient (Wildman–Crippen LogP) is 3.55. The van der Waals surface area contributed by atoms with Crippen LogP contribution in [-0.4, -0.2) is 33.6 Å². The smallest absolute Gasteiger partial charge is 0.129 e. The maximum absolute atomic E-state index is 6.41. The lowest BCUT2D eigenvalue weighted by Gasteiger charge is -2.34. The van der Waals surface area contributed by atoms with Gasteiger partial charge in [-0.05, 0) is 38.5 Å². The number of nitrogens with zero attached hydrogens (tertiary/aromatic N) is 2. The summed E-state index contributed by atoms with van der Waals surface area (Å²) in [4.78, 5) is 10.1. The summed E-state index contributed by atoms with van der Waals surface area (Å²) < 4.78 is 6.41. The van der Waals surface area contributed by atoms with Gasteiger partial charge in [-0.25, -0.2) is 4.98 Å². The number of benzene rings is 1. The predicted molar refractivity (Wildman–Crippen MR) is 91.3 cm³/mol. The Morgan fingerprint density at radius 2 is 2.17 bits per heavy atom. The average molecular weight is 309 g/mol. The van der Waals surface area contributed by atoms with Crippen molar-refractivity contribution < 1.29 is 4.74 Å². The number of H-pyrrole nitrogens is 1. The van der Waals surface area contributed by atoms with Gasteiger partial charge in [0.2, 0.25) is 0 Å². The highest BCUT2D eigenvalue weighted by atomic mass is 16.5. The number of hydrogen-bond donors (Lipinski definition) is 1. The molecule has 1 N–H and O–H groups in total. The highest BCUT2D eigenvalue weighted by Gasteiger charge is 2.34. The highest BCUT2D eigenvalue weighted by molar-refractivity contribution is 5.60. The Hall–Kier alpha value is -2.07. The molecule has 1 fully saturated rings.